The van der Waals surface area contributed by atoms with Gasteiger partial charge in [0.25, 0.3) is 0 Å². The number of benzene rings is 2. The smallest absolute Gasteiger partial charge is 0.320 e. The van der Waals surface area contributed by atoms with Gasteiger partial charge in [0, 0.05) is 54.8 Å². The van der Waals surface area contributed by atoms with Gasteiger partial charge in [0.15, 0.2) is 0 Å². The van der Waals surface area contributed by atoms with Gasteiger partial charge in [-0.15, -0.1) is 0 Å². The van der Waals surface area contributed by atoms with Gasteiger partial charge in [-0.3, -0.25) is 9.69 Å². The summed E-state index contributed by atoms with van der Waals surface area (Å²) in [6, 6.07) is 13.3. The van der Waals surface area contributed by atoms with E-state index in [2.05, 4.69) is 26.9 Å². The molecule has 2 fully saturated rings. The lowest BCUT2D eigenvalue weighted by molar-refractivity contribution is -0.189. The highest BCUT2D eigenvalue weighted by Crippen LogP contribution is 2.40. The molecule has 0 amide bonds. The zero-order chi connectivity index (χ0) is 27.2. The van der Waals surface area contributed by atoms with E-state index in [1.807, 2.05) is 35.9 Å². The van der Waals surface area contributed by atoms with Gasteiger partial charge in [0.2, 0.25) is 5.79 Å². The molecule has 2 aliphatic heterocycles. The lowest BCUT2D eigenvalue weighted by atomic mass is 10.1. The summed E-state index contributed by atoms with van der Waals surface area (Å²) in [4.78, 5) is 20.3. The van der Waals surface area contributed by atoms with E-state index in [0.29, 0.717) is 48.5 Å². The van der Waals surface area contributed by atoms with Crippen molar-refractivity contribution in [2.24, 2.45) is 0 Å². The summed E-state index contributed by atoms with van der Waals surface area (Å²) < 4.78 is 25.7. The van der Waals surface area contributed by atoms with Crippen molar-refractivity contribution in [1.82, 2.24) is 14.5 Å². The largest absolute Gasteiger partial charge is 0.491 e. The van der Waals surface area contributed by atoms with E-state index in [-0.39, 0.29) is 12.1 Å². The molecule has 9 nitrogen and oxygen atoms in total. The zero-order valence-corrected chi connectivity index (χ0v) is 23.3. The minimum atomic E-state index is -1.09. The number of nitrogens with zero attached hydrogens (tertiary/aromatic N) is 4. The molecule has 5 rings (SSSR count). The average Bonchev–Trinajstić information content (AvgIpc) is 3.59. The quantitative estimate of drug-likeness (QED) is 0.333. The van der Waals surface area contributed by atoms with Gasteiger partial charge in [0.1, 0.15) is 18.5 Å². The number of carbonyl (C=O) groups is 1. The standard InChI is InChI=1S/C28H32Cl2N4O5/c1-2-36-27(35)16-32-11-13-34(14-12-32)22-4-6-23(7-5-22)37-17-24-18-38-28(39-24,19-33-10-9-31-20-33)25-8-3-21(29)15-26(25)30/h3-10,15,20,24H,2,11-14,16-19H2,1H3. The molecule has 1 aromatic heterocycles. The Kier molecular flexibility index (Phi) is 8.94. The van der Waals surface area contributed by atoms with Crippen molar-refractivity contribution in [2.45, 2.75) is 25.4 Å². The van der Waals surface area contributed by atoms with Gasteiger partial charge < -0.3 is 28.4 Å². The summed E-state index contributed by atoms with van der Waals surface area (Å²) in [7, 11) is 0. The van der Waals surface area contributed by atoms with Crippen molar-refractivity contribution in [2.75, 3.05) is 57.4 Å². The Morgan fingerprint density at radius 1 is 1.13 bits per heavy atom. The molecule has 0 aliphatic carbocycles. The Bertz CT molecular complexity index is 1240. The molecule has 3 aromatic rings. The van der Waals surface area contributed by atoms with Crippen molar-refractivity contribution < 1.29 is 23.7 Å². The Hall–Kier alpha value is -2.82. The second-order valence-corrected chi connectivity index (χ2v) is 10.4. The van der Waals surface area contributed by atoms with Crippen LogP contribution in [-0.2, 0) is 31.3 Å². The fraction of sp³-hybridized carbons (Fsp3) is 0.429. The number of imidazole rings is 1. The van der Waals surface area contributed by atoms with Crippen LogP contribution in [0.5, 0.6) is 5.75 Å². The Morgan fingerprint density at radius 2 is 1.92 bits per heavy atom. The molecule has 208 valence electrons. The van der Waals surface area contributed by atoms with E-state index >= 15 is 0 Å². The summed E-state index contributed by atoms with van der Waals surface area (Å²) in [6.07, 6.45) is 4.97. The summed E-state index contributed by atoms with van der Waals surface area (Å²) in [5.41, 5.74) is 1.83. The number of piperazine rings is 1. The van der Waals surface area contributed by atoms with E-state index in [1.54, 1.807) is 24.7 Å². The van der Waals surface area contributed by atoms with Crippen LogP contribution in [0.3, 0.4) is 0 Å². The summed E-state index contributed by atoms with van der Waals surface area (Å²) in [5.74, 6) is -0.505. The summed E-state index contributed by atoms with van der Waals surface area (Å²) in [5, 5.41) is 1.02. The number of carbonyl (C=O) groups excluding carboxylic acids is 1. The number of hydrogen-bond acceptors (Lipinski definition) is 8. The maximum absolute atomic E-state index is 11.7. The second-order valence-electron chi connectivity index (χ2n) is 9.54. The van der Waals surface area contributed by atoms with E-state index in [9.17, 15) is 4.79 Å². The molecule has 2 aliphatic rings. The van der Waals surface area contributed by atoms with Crippen molar-refractivity contribution in [3.8, 4) is 5.75 Å². The van der Waals surface area contributed by atoms with Crippen LogP contribution in [-0.4, -0.2) is 79.1 Å². The van der Waals surface area contributed by atoms with Crippen molar-refractivity contribution in [3.05, 3.63) is 76.8 Å². The number of rotatable bonds is 10. The Morgan fingerprint density at radius 3 is 2.62 bits per heavy atom. The number of anilines is 1. The van der Waals surface area contributed by atoms with E-state index < -0.39 is 5.79 Å². The lowest BCUT2D eigenvalue weighted by Gasteiger charge is -2.35. The minimum Gasteiger partial charge on any atom is -0.491 e. The molecule has 39 heavy (non-hydrogen) atoms. The maximum atomic E-state index is 11.7. The Labute approximate surface area is 238 Å². The third kappa shape index (κ3) is 6.85. The molecule has 0 spiro atoms. The molecular formula is C28H32Cl2N4O5. The first-order chi connectivity index (χ1) is 18.9. The van der Waals surface area contributed by atoms with Gasteiger partial charge in [-0.2, -0.15) is 0 Å². The molecule has 2 atom stereocenters. The zero-order valence-electron chi connectivity index (χ0n) is 21.8. The first kappa shape index (κ1) is 27.7. The van der Waals surface area contributed by atoms with Gasteiger partial charge in [-0.25, -0.2) is 4.98 Å². The van der Waals surface area contributed by atoms with Gasteiger partial charge >= 0.3 is 5.97 Å². The van der Waals surface area contributed by atoms with Crippen LogP contribution >= 0.6 is 23.2 Å². The predicted octanol–water partition coefficient (Wildman–Crippen LogP) is 4.22. The molecular weight excluding hydrogens is 543 g/mol. The number of esters is 1. The third-order valence-electron chi connectivity index (χ3n) is 6.82. The molecule has 11 heteroatoms. The van der Waals surface area contributed by atoms with Crippen LogP contribution in [0.15, 0.2) is 61.2 Å². The topological polar surface area (TPSA) is 78.3 Å². The second kappa shape index (κ2) is 12.6. The highest BCUT2D eigenvalue weighted by Gasteiger charge is 2.45. The summed E-state index contributed by atoms with van der Waals surface area (Å²) >= 11 is 12.7. The first-order valence-corrected chi connectivity index (χ1v) is 13.8. The lowest BCUT2D eigenvalue weighted by Crippen LogP contribution is -2.48. The van der Waals surface area contributed by atoms with E-state index in [0.717, 1.165) is 37.6 Å². The number of hydrogen-bond donors (Lipinski definition) is 0. The van der Waals surface area contributed by atoms with Crippen LogP contribution in [0.1, 0.15) is 12.5 Å². The number of halogens is 2. The molecule has 0 radical (unpaired) electrons. The SMILES string of the molecule is CCOC(=O)CN1CCN(c2ccc(OCC3COC(Cn4ccnc4)(c4ccc(Cl)cc4Cl)O3)cc2)CC1. The van der Waals surface area contributed by atoms with Crippen LogP contribution in [0, 0.1) is 0 Å². The number of aromatic nitrogens is 2. The summed E-state index contributed by atoms with van der Waals surface area (Å²) in [6.45, 7) is 6.95. The monoisotopic (exact) mass is 574 g/mol. The van der Waals surface area contributed by atoms with Crippen LogP contribution in [0.2, 0.25) is 10.0 Å². The molecule has 2 unspecified atom stereocenters. The van der Waals surface area contributed by atoms with Gasteiger partial charge in [0.05, 0.1) is 37.7 Å². The van der Waals surface area contributed by atoms with Crippen molar-refractivity contribution in [1.29, 1.82) is 0 Å². The fourth-order valence-corrected chi connectivity index (χ4v) is 5.42. The highest BCUT2D eigenvalue weighted by atomic mass is 35.5. The highest BCUT2D eigenvalue weighted by molar-refractivity contribution is 6.35. The maximum Gasteiger partial charge on any atom is 0.320 e. The predicted molar refractivity (Wildman–Crippen MR) is 148 cm³/mol. The Balaban J connectivity index is 1.16. The minimum absolute atomic E-state index is 0.167. The molecule has 3 heterocycles. The number of ether oxygens (including phenoxy) is 4. The fourth-order valence-electron chi connectivity index (χ4n) is 4.87. The third-order valence-corrected chi connectivity index (χ3v) is 7.37. The van der Waals surface area contributed by atoms with Gasteiger partial charge in [-0.05, 0) is 43.3 Å². The van der Waals surface area contributed by atoms with E-state index in [1.165, 1.54) is 0 Å². The molecule has 2 saturated heterocycles. The molecule has 0 N–H and O–H groups in total. The van der Waals surface area contributed by atoms with Crippen molar-refractivity contribution in [3.63, 3.8) is 0 Å². The van der Waals surface area contributed by atoms with Crippen LogP contribution in [0.25, 0.3) is 0 Å². The van der Waals surface area contributed by atoms with E-state index in [4.69, 9.17) is 42.1 Å². The molecule has 0 saturated carbocycles. The first-order valence-electron chi connectivity index (χ1n) is 13.0. The molecule has 2 aromatic carbocycles. The average molecular weight is 575 g/mol. The van der Waals surface area contributed by atoms with Crippen molar-refractivity contribution >= 4 is 34.9 Å². The van der Waals surface area contributed by atoms with Crippen LogP contribution in [0.4, 0.5) is 5.69 Å². The molecule has 0 bridgehead atoms. The van der Waals surface area contributed by atoms with Crippen LogP contribution < -0.4 is 9.64 Å². The normalized spacial score (nSPS) is 21.7. The van der Waals surface area contributed by atoms with Gasteiger partial charge in [-0.1, -0.05) is 29.3 Å².